The number of hydrogen-bond acceptors (Lipinski definition) is 2. The Kier molecular flexibility index (Phi) is 4.99. The summed E-state index contributed by atoms with van der Waals surface area (Å²) >= 11 is 0. The molecule has 2 heteroatoms. The van der Waals surface area contributed by atoms with Gasteiger partial charge in [0.2, 0.25) is 0 Å². The highest BCUT2D eigenvalue weighted by atomic mass is 15.1. The Hall–Kier alpha value is -1.80. The molecule has 2 aromatic carbocycles. The molecular weight excluding hydrogens is 232 g/mol. The van der Waals surface area contributed by atoms with Crippen LogP contribution in [-0.2, 0) is 6.54 Å². The molecule has 0 spiro atoms. The normalized spacial score (nSPS) is 10.4. The van der Waals surface area contributed by atoms with Crippen LogP contribution in [0.25, 0.3) is 0 Å². The van der Waals surface area contributed by atoms with E-state index in [1.807, 2.05) is 0 Å². The van der Waals surface area contributed by atoms with Crippen molar-refractivity contribution in [2.24, 2.45) is 0 Å². The first-order chi connectivity index (χ1) is 9.27. The number of nitrogens with zero attached hydrogens (tertiary/aromatic N) is 1. The lowest BCUT2D eigenvalue weighted by molar-refractivity contribution is 0.679. The average Bonchev–Trinajstić information content (AvgIpc) is 2.45. The third kappa shape index (κ3) is 4.11. The van der Waals surface area contributed by atoms with Gasteiger partial charge in [-0.25, -0.2) is 0 Å². The fourth-order valence-electron chi connectivity index (χ4n) is 2.19. The molecule has 2 rings (SSSR count). The fourth-order valence-corrected chi connectivity index (χ4v) is 2.19. The van der Waals surface area contributed by atoms with E-state index in [9.17, 15) is 0 Å². The summed E-state index contributed by atoms with van der Waals surface area (Å²) in [4.78, 5) is 2.30. The standard InChI is InChI=1S/C17H22N2/c1-15-8-6-7-11-17(15)19(2)13-12-18-14-16-9-4-3-5-10-16/h3-11,18H,12-14H2,1-2H3. The van der Waals surface area contributed by atoms with Gasteiger partial charge in [-0.2, -0.15) is 0 Å². The van der Waals surface area contributed by atoms with Gasteiger partial charge in [-0.1, -0.05) is 48.5 Å². The molecule has 0 bridgehead atoms. The maximum absolute atomic E-state index is 3.48. The highest BCUT2D eigenvalue weighted by molar-refractivity contribution is 5.52. The summed E-state index contributed by atoms with van der Waals surface area (Å²) in [7, 11) is 2.15. The highest BCUT2D eigenvalue weighted by Crippen LogP contribution is 2.16. The molecular formula is C17H22N2. The summed E-state index contributed by atoms with van der Waals surface area (Å²) in [5.74, 6) is 0. The zero-order chi connectivity index (χ0) is 13.5. The first-order valence-corrected chi connectivity index (χ1v) is 6.79. The molecule has 0 aliphatic carbocycles. The van der Waals surface area contributed by atoms with Gasteiger partial charge in [-0.15, -0.1) is 0 Å². The monoisotopic (exact) mass is 254 g/mol. The third-order valence-corrected chi connectivity index (χ3v) is 3.32. The zero-order valence-corrected chi connectivity index (χ0v) is 11.8. The van der Waals surface area contributed by atoms with Crippen LogP contribution in [0.15, 0.2) is 54.6 Å². The maximum Gasteiger partial charge on any atom is 0.0393 e. The summed E-state index contributed by atoms with van der Waals surface area (Å²) in [6, 6.07) is 19.0. The third-order valence-electron chi connectivity index (χ3n) is 3.32. The van der Waals surface area contributed by atoms with Crippen molar-refractivity contribution in [2.75, 3.05) is 25.0 Å². The Balaban J connectivity index is 1.76. The molecule has 0 radical (unpaired) electrons. The summed E-state index contributed by atoms with van der Waals surface area (Å²) in [5.41, 5.74) is 3.97. The Labute approximate surface area is 116 Å². The number of aryl methyl sites for hydroxylation is 1. The van der Waals surface area contributed by atoms with E-state index < -0.39 is 0 Å². The Morgan fingerprint density at radius 2 is 1.63 bits per heavy atom. The molecule has 0 aliphatic rings. The molecule has 2 aromatic rings. The van der Waals surface area contributed by atoms with Crippen LogP contribution >= 0.6 is 0 Å². The second-order valence-electron chi connectivity index (χ2n) is 4.87. The number of hydrogen-bond donors (Lipinski definition) is 1. The molecule has 0 atom stereocenters. The molecule has 0 unspecified atom stereocenters. The van der Waals surface area contributed by atoms with Gasteiger partial charge in [-0.05, 0) is 24.1 Å². The molecule has 0 fully saturated rings. The van der Waals surface area contributed by atoms with Crippen LogP contribution < -0.4 is 10.2 Å². The second kappa shape index (κ2) is 6.95. The Morgan fingerprint density at radius 1 is 0.947 bits per heavy atom. The van der Waals surface area contributed by atoms with E-state index in [-0.39, 0.29) is 0 Å². The van der Waals surface area contributed by atoms with Gasteiger partial charge < -0.3 is 10.2 Å². The number of likely N-dealkylation sites (N-methyl/N-ethyl adjacent to an activating group) is 1. The summed E-state index contributed by atoms with van der Waals surface area (Å²) in [5, 5.41) is 3.48. The van der Waals surface area contributed by atoms with Crippen LogP contribution in [0.4, 0.5) is 5.69 Å². The van der Waals surface area contributed by atoms with E-state index in [1.165, 1.54) is 16.8 Å². The minimum Gasteiger partial charge on any atom is -0.373 e. The number of benzene rings is 2. The molecule has 0 saturated carbocycles. The lowest BCUT2D eigenvalue weighted by Gasteiger charge is -2.21. The van der Waals surface area contributed by atoms with Crippen LogP contribution in [-0.4, -0.2) is 20.1 Å². The Bertz CT molecular complexity index is 494. The first-order valence-electron chi connectivity index (χ1n) is 6.79. The lowest BCUT2D eigenvalue weighted by atomic mass is 10.2. The molecule has 19 heavy (non-hydrogen) atoms. The van der Waals surface area contributed by atoms with Crippen LogP contribution in [0.2, 0.25) is 0 Å². The van der Waals surface area contributed by atoms with Crippen molar-refractivity contribution in [2.45, 2.75) is 13.5 Å². The molecule has 100 valence electrons. The molecule has 2 nitrogen and oxygen atoms in total. The van der Waals surface area contributed by atoms with Gasteiger partial charge in [0.05, 0.1) is 0 Å². The molecule has 0 aliphatic heterocycles. The summed E-state index contributed by atoms with van der Waals surface area (Å²) in [6.45, 7) is 5.09. The highest BCUT2D eigenvalue weighted by Gasteiger charge is 2.02. The van der Waals surface area contributed by atoms with Crippen LogP contribution in [0.1, 0.15) is 11.1 Å². The van der Waals surface area contributed by atoms with E-state index in [1.54, 1.807) is 0 Å². The SMILES string of the molecule is Cc1ccccc1N(C)CCNCc1ccccc1. The quantitative estimate of drug-likeness (QED) is 0.796. The van der Waals surface area contributed by atoms with Crippen molar-refractivity contribution in [3.05, 3.63) is 65.7 Å². The second-order valence-corrected chi connectivity index (χ2v) is 4.87. The number of nitrogens with one attached hydrogen (secondary N) is 1. The van der Waals surface area contributed by atoms with Gasteiger partial charge in [0, 0.05) is 32.4 Å². The average molecular weight is 254 g/mol. The predicted molar refractivity (Wildman–Crippen MR) is 82.6 cm³/mol. The Morgan fingerprint density at radius 3 is 2.37 bits per heavy atom. The van der Waals surface area contributed by atoms with Crippen molar-refractivity contribution in [3.63, 3.8) is 0 Å². The van der Waals surface area contributed by atoms with Crippen molar-refractivity contribution in [1.82, 2.24) is 5.32 Å². The molecule has 0 saturated heterocycles. The number of para-hydroxylation sites is 1. The van der Waals surface area contributed by atoms with Gasteiger partial charge in [0.1, 0.15) is 0 Å². The van der Waals surface area contributed by atoms with Crippen molar-refractivity contribution in [1.29, 1.82) is 0 Å². The summed E-state index contributed by atoms with van der Waals surface area (Å²) < 4.78 is 0. The van der Waals surface area contributed by atoms with Crippen LogP contribution in [0.5, 0.6) is 0 Å². The molecule has 0 aromatic heterocycles. The molecule has 1 N–H and O–H groups in total. The largest absolute Gasteiger partial charge is 0.373 e. The minimum absolute atomic E-state index is 0.933. The predicted octanol–water partition coefficient (Wildman–Crippen LogP) is 3.22. The van der Waals surface area contributed by atoms with Gasteiger partial charge in [-0.3, -0.25) is 0 Å². The van der Waals surface area contributed by atoms with Crippen molar-refractivity contribution >= 4 is 5.69 Å². The minimum atomic E-state index is 0.933. The fraction of sp³-hybridized carbons (Fsp3) is 0.294. The lowest BCUT2D eigenvalue weighted by Crippen LogP contribution is -2.29. The van der Waals surface area contributed by atoms with Gasteiger partial charge in [0.15, 0.2) is 0 Å². The van der Waals surface area contributed by atoms with E-state index in [2.05, 4.69) is 78.8 Å². The van der Waals surface area contributed by atoms with Crippen molar-refractivity contribution < 1.29 is 0 Å². The number of anilines is 1. The van der Waals surface area contributed by atoms with Crippen LogP contribution in [0, 0.1) is 6.92 Å². The van der Waals surface area contributed by atoms with E-state index >= 15 is 0 Å². The van der Waals surface area contributed by atoms with Gasteiger partial charge in [0.25, 0.3) is 0 Å². The van der Waals surface area contributed by atoms with Crippen LogP contribution in [0.3, 0.4) is 0 Å². The van der Waals surface area contributed by atoms with Gasteiger partial charge >= 0.3 is 0 Å². The number of rotatable bonds is 6. The molecule has 0 amide bonds. The van der Waals surface area contributed by atoms with E-state index in [4.69, 9.17) is 0 Å². The zero-order valence-electron chi connectivity index (χ0n) is 11.8. The van der Waals surface area contributed by atoms with E-state index in [0.29, 0.717) is 0 Å². The molecule has 0 heterocycles. The topological polar surface area (TPSA) is 15.3 Å². The summed E-state index contributed by atoms with van der Waals surface area (Å²) in [6.07, 6.45) is 0. The van der Waals surface area contributed by atoms with Crippen molar-refractivity contribution in [3.8, 4) is 0 Å². The maximum atomic E-state index is 3.48. The smallest absolute Gasteiger partial charge is 0.0393 e. The van der Waals surface area contributed by atoms with E-state index in [0.717, 1.165) is 19.6 Å². The first kappa shape index (κ1) is 13.6.